The van der Waals surface area contributed by atoms with Crippen LogP contribution in [0.3, 0.4) is 0 Å². The molecule has 0 unspecified atom stereocenters. The lowest BCUT2D eigenvalue weighted by molar-refractivity contribution is -0.129. The number of nitrogens with zero attached hydrogens (tertiary/aromatic N) is 6. The molecule has 0 spiro atoms. The topological polar surface area (TPSA) is 94.0 Å². The molecule has 2 aromatic carbocycles. The van der Waals surface area contributed by atoms with E-state index in [1.54, 1.807) is 25.1 Å². The Morgan fingerprint density at radius 3 is 2.51 bits per heavy atom. The molecule has 0 bridgehead atoms. The number of aromatic nitrogens is 2. The van der Waals surface area contributed by atoms with Crippen LogP contribution in [0.25, 0.3) is 0 Å². The van der Waals surface area contributed by atoms with Crippen molar-refractivity contribution >= 4 is 64.1 Å². The zero-order valence-corrected chi connectivity index (χ0v) is 23.1. The van der Waals surface area contributed by atoms with Crippen LogP contribution in [0.1, 0.15) is 47.2 Å². The Morgan fingerprint density at radius 2 is 1.82 bits per heavy atom. The number of carbonyl (C=O) groups excluding carboxylic acids is 2. The second-order valence-electron chi connectivity index (χ2n) is 9.95. The van der Waals surface area contributed by atoms with E-state index in [2.05, 4.69) is 34.3 Å². The normalized spacial score (nSPS) is 17.2. The van der Waals surface area contributed by atoms with Crippen LogP contribution in [0.2, 0.25) is 10.0 Å². The van der Waals surface area contributed by atoms with E-state index >= 15 is 0 Å². The molecule has 0 radical (unpaired) electrons. The maximum Gasteiger partial charge on any atom is 0.270 e. The van der Waals surface area contributed by atoms with Crippen molar-refractivity contribution in [2.45, 2.75) is 32.6 Å². The fourth-order valence-electron chi connectivity index (χ4n) is 5.58. The van der Waals surface area contributed by atoms with Gasteiger partial charge in [-0.25, -0.2) is 9.88 Å². The molecule has 6 rings (SSSR count). The van der Waals surface area contributed by atoms with E-state index in [0.29, 0.717) is 58.0 Å². The lowest BCUT2D eigenvalue weighted by Gasteiger charge is -2.35. The van der Waals surface area contributed by atoms with Crippen LogP contribution in [-0.4, -0.2) is 58.8 Å². The molecule has 0 atom stereocenters. The predicted molar refractivity (Wildman–Crippen MR) is 154 cm³/mol. The SMILES string of the molecule is CC(=O)N1CCC(c2ccc(Nc3ncc4c(n3)N3CCN=C3N(c3c(Cl)cccc3Cl)C4=O)cc2C)CC1. The van der Waals surface area contributed by atoms with Gasteiger partial charge in [0.05, 0.1) is 22.3 Å². The fourth-order valence-corrected chi connectivity index (χ4v) is 6.15. The van der Waals surface area contributed by atoms with Crippen LogP contribution in [0.4, 0.5) is 23.1 Å². The molecular weight excluding hydrogens is 537 g/mol. The van der Waals surface area contributed by atoms with E-state index in [9.17, 15) is 9.59 Å². The first kappa shape index (κ1) is 25.6. The number of aryl methyl sites for hydroxylation is 1. The second-order valence-corrected chi connectivity index (χ2v) is 10.8. The number of hydrogen-bond donors (Lipinski definition) is 1. The lowest BCUT2D eigenvalue weighted by atomic mass is 9.86. The van der Waals surface area contributed by atoms with E-state index in [1.165, 1.54) is 22.2 Å². The molecule has 1 N–H and O–H groups in total. The van der Waals surface area contributed by atoms with Gasteiger partial charge in [0, 0.05) is 38.4 Å². The minimum atomic E-state index is -0.334. The van der Waals surface area contributed by atoms with E-state index in [1.807, 2.05) is 15.9 Å². The summed E-state index contributed by atoms with van der Waals surface area (Å²) in [6, 6.07) is 11.4. The fraction of sp³-hybridized carbons (Fsp3) is 0.321. The minimum absolute atomic E-state index is 0.143. The van der Waals surface area contributed by atoms with Crippen molar-refractivity contribution in [1.29, 1.82) is 0 Å². The summed E-state index contributed by atoms with van der Waals surface area (Å²) in [6.07, 6.45) is 3.46. The van der Waals surface area contributed by atoms with Crippen molar-refractivity contribution < 1.29 is 9.59 Å². The van der Waals surface area contributed by atoms with Gasteiger partial charge >= 0.3 is 0 Å². The third-order valence-corrected chi connectivity index (χ3v) is 8.15. The summed E-state index contributed by atoms with van der Waals surface area (Å²) in [6.45, 7) is 6.41. The molecule has 1 aromatic heterocycles. The largest absolute Gasteiger partial charge is 0.343 e. The van der Waals surface area contributed by atoms with Crippen LogP contribution in [0.5, 0.6) is 0 Å². The highest BCUT2D eigenvalue weighted by molar-refractivity contribution is 6.43. The first-order chi connectivity index (χ1) is 18.8. The van der Waals surface area contributed by atoms with Gasteiger partial charge in [0.25, 0.3) is 5.91 Å². The number of guanidine groups is 1. The number of benzene rings is 2. The van der Waals surface area contributed by atoms with Gasteiger partial charge in [-0.1, -0.05) is 35.3 Å². The van der Waals surface area contributed by atoms with Gasteiger partial charge in [-0.15, -0.1) is 0 Å². The Bertz CT molecular complexity index is 1500. The van der Waals surface area contributed by atoms with Crippen molar-refractivity contribution in [3.63, 3.8) is 0 Å². The van der Waals surface area contributed by atoms with Gasteiger partial charge in [0.1, 0.15) is 5.56 Å². The number of fused-ring (bicyclic) bond motifs is 3. The number of piperidine rings is 1. The molecule has 2 amide bonds. The monoisotopic (exact) mass is 563 g/mol. The molecule has 1 saturated heterocycles. The number of anilines is 4. The van der Waals surface area contributed by atoms with Crippen LogP contribution in [-0.2, 0) is 4.79 Å². The second kappa shape index (κ2) is 10.1. The zero-order valence-electron chi connectivity index (χ0n) is 21.6. The molecule has 0 aliphatic carbocycles. The van der Waals surface area contributed by atoms with E-state index in [-0.39, 0.29) is 11.8 Å². The van der Waals surface area contributed by atoms with Gasteiger partial charge in [-0.3, -0.25) is 19.5 Å². The van der Waals surface area contributed by atoms with Gasteiger partial charge in [0.2, 0.25) is 17.8 Å². The average Bonchev–Trinajstić information content (AvgIpc) is 3.40. The van der Waals surface area contributed by atoms with E-state index in [0.717, 1.165) is 31.6 Å². The minimum Gasteiger partial charge on any atom is -0.343 e. The number of amides is 2. The highest BCUT2D eigenvalue weighted by atomic mass is 35.5. The first-order valence-electron chi connectivity index (χ1n) is 12.9. The Kier molecular flexibility index (Phi) is 6.64. The van der Waals surface area contributed by atoms with Crippen molar-refractivity contribution in [2.24, 2.45) is 4.99 Å². The number of para-hydroxylation sites is 1. The van der Waals surface area contributed by atoms with Gasteiger partial charge < -0.3 is 10.2 Å². The van der Waals surface area contributed by atoms with Gasteiger partial charge in [-0.2, -0.15) is 4.98 Å². The zero-order chi connectivity index (χ0) is 27.3. The summed E-state index contributed by atoms with van der Waals surface area (Å²) in [4.78, 5) is 44.3. The van der Waals surface area contributed by atoms with Crippen LogP contribution >= 0.6 is 23.2 Å². The first-order valence-corrected chi connectivity index (χ1v) is 13.7. The summed E-state index contributed by atoms with van der Waals surface area (Å²) >= 11 is 12.9. The summed E-state index contributed by atoms with van der Waals surface area (Å²) in [5, 5.41) is 4.01. The van der Waals surface area contributed by atoms with Gasteiger partial charge in [-0.05, 0) is 61.1 Å². The molecule has 4 heterocycles. The van der Waals surface area contributed by atoms with E-state index in [4.69, 9.17) is 28.2 Å². The number of aliphatic imine (C=N–C) groups is 1. The molecule has 3 aliphatic heterocycles. The molecule has 3 aromatic rings. The van der Waals surface area contributed by atoms with Crippen LogP contribution in [0.15, 0.2) is 47.6 Å². The lowest BCUT2D eigenvalue weighted by Crippen LogP contribution is -2.51. The summed E-state index contributed by atoms with van der Waals surface area (Å²) in [7, 11) is 0. The standard InChI is InChI=1S/C28H27Cl2N7O2/c1-16-14-19(6-7-20(16)18-8-11-35(12-9-18)17(2)38)33-27-32-15-21-25(34-27)36-13-10-31-28(36)37(26(21)39)24-22(29)4-3-5-23(24)30/h3-7,14-15,18H,8-13H2,1-2H3,(H,32,33,34). The Morgan fingerprint density at radius 1 is 1.08 bits per heavy atom. The Balaban J connectivity index is 1.25. The van der Waals surface area contributed by atoms with Crippen LogP contribution in [0, 0.1) is 6.92 Å². The number of hydrogen-bond acceptors (Lipinski definition) is 7. The number of carbonyl (C=O) groups is 2. The molecule has 0 saturated carbocycles. The highest BCUT2D eigenvalue weighted by Gasteiger charge is 2.41. The van der Waals surface area contributed by atoms with Crippen molar-refractivity contribution in [3.8, 4) is 0 Å². The molecule has 3 aliphatic rings. The average molecular weight is 564 g/mol. The summed E-state index contributed by atoms with van der Waals surface area (Å²) in [5.41, 5.74) is 4.08. The summed E-state index contributed by atoms with van der Waals surface area (Å²) < 4.78 is 0. The quantitative estimate of drug-likeness (QED) is 0.456. The maximum atomic E-state index is 13.6. The number of nitrogens with one attached hydrogen (secondary N) is 1. The summed E-state index contributed by atoms with van der Waals surface area (Å²) in [5.74, 6) is 1.58. The third-order valence-electron chi connectivity index (χ3n) is 7.54. The van der Waals surface area contributed by atoms with Crippen LogP contribution < -0.4 is 15.1 Å². The Labute approximate surface area is 236 Å². The number of likely N-dealkylation sites (tertiary alicyclic amines) is 1. The van der Waals surface area contributed by atoms with E-state index < -0.39 is 0 Å². The molecule has 39 heavy (non-hydrogen) atoms. The Hall–Kier alpha value is -3.69. The molecule has 200 valence electrons. The van der Waals surface area contributed by atoms with Crippen molar-refractivity contribution in [2.75, 3.05) is 41.3 Å². The molecule has 9 nitrogen and oxygen atoms in total. The highest BCUT2D eigenvalue weighted by Crippen LogP contribution is 2.40. The third kappa shape index (κ3) is 4.59. The number of rotatable bonds is 4. The molecule has 11 heteroatoms. The molecular formula is C28H27Cl2N7O2. The van der Waals surface area contributed by atoms with Crippen molar-refractivity contribution in [1.82, 2.24) is 14.9 Å². The maximum absolute atomic E-state index is 13.6. The predicted octanol–water partition coefficient (Wildman–Crippen LogP) is 5.40. The number of halogens is 2. The molecule has 1 fully saturated rings. The van der Waals surface area contributed by atoms with Crippen molar-refractivity contribution in [3.05, 3.63) is 69.3 Å². The van der Waals surface area contributed by atoms with Gasteiger partial charge in [0.15, 0.2) is 5.82 Å². The smallest absolute Gasteiger partial charge is 0.270 e.